The molecule has 21 heavy (non-hydrogen) atoms. The predicted octanol–water partition coefficient (Wildman–Crippen LogP) is 2.79. The SMILES string of the molecule is COc1ccc(N)cc1NC(=O)C(C)Sc1ccccn1. The van der Waals surface area contributed by atoms with Crippen LogP contribution in [0.5, 0.6) is 5.75 Å². The number of thioether (sulfide) groups is 1. The van der Waals surface area contributed by atoms with Gasteiger partial charge >= 0.3 is 0 Å². The Morgan fingerprint density at radius 2 is 2.19 bits per heavy atom. The van der Waals surface area contributed by atoms with E-state index < -0.39 is 0 Å². The van der Waals surface area contributed by atoms with E-state index in [1.807, 2.05) is 25.1 Å². The van der Waals surface area contributed by atoms with Crippen LogP contribution >= 0.6 is 11.8 Å². The van der Waals surface area contributed by atoms with Crippen LogP contribution < -0.4 is 15.8 Å². The average Bonchev–Trinajstić information content (AvgIpc) is 2.48. The predicted molar refractivity (Wildman–Crippen MR) is 85.6 cm³/mol. The van der Waals surface area contributed by atoms with Gasteiger partial charge in [-0.05, 0) is 37.3 Å². The molecule has 1 atom stereocenters. The van der Waals surface area contributed by atoms with Crippen LogP contribution in [0.2, 0.25) is 0 Å². The van der Waals surface area contributed by atoms with Gasteiger partial charge in [-0.1, -0.05) is 17.8 Å². The zero-order chi connectivity index (χ0) is 15.2. The van der Waals surface area contributed by atoms with Gasteiger partial charge in [0, 0.05) is 11.9 Å². The Bertz CT molecular complexity index is 620. The van der Waals surface area contributed by atoms with Gasteiger partial charge in [0.2, 0.25) is 5.91 Å². The smallest absolute Gasteiger partial charge is 0.237 e. The van der Waals surface area contributed by atoms with Crippen molar-refractivity contribution in [3.8, 4) is 5.75 Å². The zero-order valence-electron chi connectivity index (χ0n) is 11.9. The van der Waals surface area contributed by atoms with E-state index in [0.29, 0.717) is 17.1 Å². The first kappa shape index (κ1) is 15.2. The monoisotopic (exact) mass is 303 g/mol. The van der Waals surface area contributed by atoms with Crippen molar-refractivity contribution in [3.05, 3.63) is 42.6 Å². The molecular formula is C15H17N3O2S. The minimum absolute atomic E-state index is 0.130. The first-order valence-electron chi connectivity index (χ1n) is 6.42. The lowest BCUT2D eigenvalue weighted by Crippen LogP contribution is -2.22. The normalized spacial score (nSPS) is 11.7. The Morgan fingerprint density at radius 3 is 2.86 bits per heavy atom. The molecule has 3 N–H and O–H groups in total. The highest BCUT2D eigenvalue weighted by Crippen LogP contribution is 2.28. The Kier molecular flexibility index (Phi) is 5.05. The van der Waals surface area contributed by atoms with Gasteiger partial charge in [0.05, 0.1) is 23.1 Å². The molecule has 5 nitrogen and oxygen atoms in total. The average molecular weight is 303 g/mol. The molecule has 6 heteroatoms. The first-order chi connectivity index (χ1) is 10.1. The molecule has 2 rings (SSSR count). The van der Waals surface area contributed by atoms with Crippen molar-refractivity contribution >= 4 is 29.0 Å². The number of nitrogens with zero attached hydrogens (tertiary/aromatic N) is 1. The van der Waals surface area contributed by atoms with Crippen LogP contribution in [0.15, 0.2) is 47.6 Å². The Hall–Kier alpha value is -2.21. The highest BCUT2D eigenvalue weighted by Gasteiger charge is 2.17. The maximum Gasteiger partial charge on any atom is 0.237 e. The van der Waals surface area contributed by atoms with Gasteiger partial charge in [0.1, 0.15) is 5.75 Å². The molecule has 1 aromatic carbocycles. The fourth-order valence-electron chi connectivity index (χ4n) is 1.71. The topological polar surface area (TPSA) is 77.2 Å². The van der Waals surface area contributed by atoms with Crippen molar-refractivity contribution in [2.45, 2.75) is 17.2 Å². The Labute approximate surface area is 127 Å². The summed E-state index contributed by atoms with van der Waals surface area (Å²) in [5.41, 5.74) is 6.87. The molecule has 0 saturated carbocycles. The van der Waals surface area contributed by atoms with Crippen molar-refractivity contribution < 1.29 is 9.53 Å². The molecule has 0 aliphatic carbocycles. The van der Waals surface area contributed by atoms with E-state index >= 15 is 0 Å². The van der Waals surface area contributed by atoms with Crippen molar-refractivity contribution in [1.82, 2.24) is 4.98 Å². The quantitative estimate of drug-likeness (QED) is 0.656. The molecule has 0 aliphatic rings. The summed E-state index contributed by atoms with van der Waals surface area (Å²) in [6, 6.07) is 10.7. The largest absolute Gasteiger partial charge is 0.495 e. The molecule has 110 valence electrons. The summed E-state index contributed by atoms with van der Waals surface area (Å²) in [7, 11) is 1.55. The van der Waals surface area contributed by atoms with E-state index in [1.54, 1.807) is 31.5 Å². The lowest BCUT2D eigenvalue weighted by Gasteiger charge is -2.14. The van der Waals surface area contributed by atoms with Crippen molar-refractivity contribution in [2.75, 3.05) is 18.2 Å². The third-order valence-electron chi connectivity index (χ3n) is 2.79. The molecular weight excluding hydrogens is 286 g/mol. The van der Waals surface area contributed by atoms with Gasteiger partial charge in [0.25, 0.3) is 0 Å². The molecule has 0 bridgehead atoms. The minimum Gasteiger partial charge on any atom is -0.495 e. The van der Waals surface area contributed by atoms with E-state index in [1.165, 1.54) is 11.8 Å². The number of amides is 1. The van der Waals surface area contributed by atoms with Gasteiger partial charge in [-0.15, -0.1) is 0 Å². The Balaban J connectivity index is 2.05. The lowest BCUT2D eigenvalue weighted by molar-refractivity contribution is -0.115. The Morgan fingerprint density at radius 1 is 1.38 bits per heavy atom. The third-order valence-corrected chi connectivity index (χ3v) is 3.84. The summed E-state index contributed by atoms with van der Waals surface area (Å²) in [5, 5.41) is 3.35. The number of carbonyl (C=O) groups excluding carboxylic acids is 1. The van der Waals surface area contributed by atoms with Crippen molar-refractivity contribution in [2.24, 2.45) is 0 Å². The molecule has 1 unspecified atom stereocenters. The van der Waals surface area contributed by atoms with Gasteiger partial charge in [-0.3, -0.25) is 4.79 Å². The van der Waals surface area contributed by atoms with Gasteiger partial charge < -0.3 is 15.8 Å². The third kappa shape index (κ3) is 4.13. The standard InChI is InChI=1S/C15H17N3O2S/c1-10(21-14-5-3-4-8-17-14)15(19)18-12-9-11(16)6-7-13(12)20-2/h3-10H,16H2,1-2H3,(H,18,19). The summed E-state index contributed by atoms with van der Waals surface area (Å²) in [5.74, 6) is 0.446. The van der Waals surface area contributed by atoms with E-state index in [2.05, 4.69) is 10.3 Å². The number of benzene rings is 1. The minimum atomic E-state index is -0.286. The number of anilines is 2. The number of aromatic nitrogens is 1. The second kappa shape index (κ2) is 6.99. The molecule has 0 radical (unpaired) electrons. The van der Waals surface area contributed by atoms with E-state index in [-0.39, 0.29) is 11.2 Å². The number of nitrogen functional groups attached to an aromatic ring is 1. The summed E-state index contributed by atoms with van der Waals surface area (Å²) in [6.07, 6.45) is 1.70. The second-order valence-electron chi connectivity index (χ2n) is 4.38. The van der Waals surface area contributed by atoms with Crippen LogP contribution in [-0.2, 0) is 4.79 Å². The first-order valence-corrected chi connectivity index (χ1v) is 7.30. The van der Waals surface area contributed by atoms with Crippen molar-refractivity contribution in [1.29, 1.82) is 0 Å². The van der Waals surface area contributed by atoms with E-state index in [9.17, 15) is 4.79 Å². The maximum atomic E-state index is 12.2. The van der Waals surface area contributed by atoms with E-state index in [4.69, 9.17) is 10.5 Å². The number of rotatable bonds is 5. The number of hydrogen-bond acceptors (Lipinski definition) is 5. The fourth-order valence-corrected chi connectivity index (χ4v) is 2.52. The van der Waals surface area contributed by atoms with Crippen molar-refractivity contribution in [3.63, 3.8) is 0 Å². The number of carbonyl (C=O) groups is 1. The molecule has 1 heterocycles. The fraction of sp³-hybridized carbons (Fsp3) is 0.200. The summed E-state index contributed by atoms with van der Waals surface area (Å²) in [6.45, 7) is 1.83. The number of methoxy groups -OCH3 is 1. The number of ether oxygens (including phenoxy) is 1. The zero-order valence-corrected chi connectivity index (χ0v) is 12.7. The number of nitrogens with one attached hydrogen (secondary N) is 1. The molecule has 2 aromatic rings. The van der Waals surface area contributed by atoms with Crippen LogP contribution in [0.4, 0.5) is 11.4 Å². The second-order valence-corrected chi connectivity index (χ2v) is 5.74. The highest BCUT2D eigenvalue weighted by molar-refractivity contribution is 8.00. The molecule has 0 aliphatic heterocycles. The molecule has 1 amide bonds. The molecule has 1 aromatic heterocycles. The van der Waals surface area contributed by atoms with Crippen LogP contribution in [0.25, 0.3) is 0 Å². The molecule has 0 spiro atoms. The van der Waals surface area contributed by atoms with Crippen LogP contribution in [0.1, 0.15) is 6.92 Å². The van der Waals surface area contributed by atoms with Crippen LogP contribution in [0, 0.1) is 0 Å². The number of nitrogens with two attached hydrogens (primary N) is 1. The van der Waals surface area contributed by atoms with Crippen LogP contribution in [-0.4, -0.2) is 23.3 Å². The van der Waals surface area contributed by atoms with Gasteiger partial charge in [-0.25, -0.2) is 4.98 Å². The van der Waals surface area contributed by atoms with Gasteiger partial charge in [-0.2, -0.15) is 0 Å². The lowest BCUT2D eigenvalue weighted by atomic mass is 10.2. The molecule has 0 saturated heterocycles. The molecule has 0 fully saturated rings. The highest BCUT2D eigenvalue weighted by atomic mass is 32.2. The summed E-state index contributed by atoms with van der Waals surface area (Å²) in [4.78, 5) is 16.4. The summed E-state index contributed by atoms with van der Waals surface area (Å²) < 4.78 is 5.21. The van der Waals surface area contributed by atoms with Crippen LogP contribution in [0.3, 0.4) is 0 Å². The maximum absolute atomic E-state index is 12.2. The van der Waals surface area contributed by atoms with Gasteiger partial charge in [0.15, 0.2) is 0 Å². The number of pyridine rings is 1. The van der Waals surface area contributed by atoms with E-state index in [0.717, 1.165) is 5.03 Å². The number of hydrogen-bond donors (Lipinski definition) is 2. The summed E-state index contributed by atoms with van der Waals surface area (Å²) >= 11 is 1.39.